The molecule has 1 heterocycles. The molecule has 1 fully saturated rings. The van der Waals surface area contributed by atoms with Gasteiger partial charge in [0.2, 0.25) is 5.91 Å². The quantitative estimate of drug-likeness (QED) is 0.900. The van der Waals surface area contributed by atoms with E-state index in [4.69, 9.17) is 0 Å². The van der Waals surface area contributed by atoms with Crippen LogP contribution in [-0.2, 0) is 4.79 Å². The van der Waals surface area contributed by atoms with Gasteiger partial charge in [0, 0.05) is 13.1 Å². The van der Waals surface area contributed by atoms with E-state index in [9.17, 15) is 9.18 Å². The van der Waals surface area contributed by atoms with E-state index in [1.54, 1.807) is 23.9 Å². The molecule has 0 aromatic heterocycles. The number of carbonyl (C=O) groups excluding carboxylic acids is 1. The summed E-state index contributed by atoms with van der Waals surface area (Å²) in [5.74, 6) is -0.0519. The molecule has 1 aliphatic rings. The smallest absolute Gasteiger partial charge is 0.236 e. The summed E-state index contributed by atoms with van der Waals surface area (Å²) in [6.45, 7) is 3.47. The first-order chi connectivity index (χ1) is 9.17. The number of amides is 1. The molecule has 1 aliphatic heterocycles. The molecule has 1 saturated heterocycles. The Morgan fingerprint density at radius 3 is 2.63 bits per heavy atom. The van der Waals surface area contributed by atoms with Gasteiger partial charge in [-0.2, -0.15) is 0 Å². The number of nitrogens with zero attached hydrogens (tertiary/aromatic N) is 1. The molecular weight excluding hydrogens is 263 g/mol. The van der Waals surface area contributed by atoms with Crippen LogP contribution in [-0.4, -0.2) is 36.2 Å². The number of carbonyl (C=O) groups is 1. The summed E-state index contributed by atoms with van der Waals surface area (Å²) < 4.78 is 13.0. The van der Waals surface area contributed by atoms with Gasteiger partial charge in [-0.15, -0.1) is 11.8 Å². The summed E-state index contributed by atoms with van der Waals surface area (Å²) in [5.41, 5.74) is 0.992. The maximum Gasteiger partial charge on any atom is 0.236 e. The highest BCUT2D eigenvalue weighted by atomic mass is 32.2. The number of hydrogen-bond donors (Lipinski definition) is 1. The molecule has 1 amide bonds. The van der Waals surface area contributed by atoms with E-state index in [1.165, 1.54) is 12.1 Å². The van der Waals surface area contributed by atoms with Gasteiger partial charge >= 0.3 is 0 Å². The van der Waals surface area contributed by atoms with E-state index in [0.29, 0.717) is 6.54 Å². The Bertz CT molecular complexity index is 438. The van der Waals surface area contributed by atoms with E-state index in [2.05, 4.69) is 5.32 Å². The third-order valence-corrected chi connectivity index (χ3v) is 4.91. The van der Waals surface area contributed by atoms with Gasteiger partial charge in [-0.3, -0.25) is 4.79 Å². The summed E-state index contributed by atoms with van der Waals surface area (Å²) in [6.07, 6.45) is 0.831. The predicted molar refractivity (Wildman–Crippen MR) is 76.5 cm³/mol. The van der Waals surface area contributed by atoms with E-state index in [1.807, 2.05) is 18.9 Å². The lowest BCUT2D eigenvalue weighted by Gasteiger charge is -2.24. The third-order valence-electron chi connectivity index (χ3n) is 3.26. The minimum absolute atomic E-state index is 0.00593. The van der Waals surface area contributed by atoms with Crippen molar-refractivity contribution in [2.24, 2.45) is 0 Å². The minimum Gasteiger partial charge on any atom is -0.324 e. The number of rotatable bonds is 5. The summed E-state index contributed by atoms with van der Waals surface area (Å²) >= 11 is 1.66. The van der Waals surface area contributed by atoms with Gasteiger partial charge in [0.1, 0.15) is 11.2 Å². The maximum atomic E-state index is 13.0. The Morgan fingerprint density at radius 1 is 1.37 bits per heavy atom. The van der Waals surface area contributed by atoms with Crippen LogP contribution in [0.2, 0.25) is 0 Å². The molecule has 0 saturated carbocycles. The zero-order chi connectivity index (χ0) is 13.8. The molecule has 0 unspecified atom stereocenters. The van der Waals surface area contributed by atoms with Crippen LogP contribution in [0.4, 0.5) is 4.39 Å². The van der Waals surface area contributed by atoms with Crippen molar-refractivity contribution in [1.82, 2.24) is 10.2 Å². The molecule has 5 heteroatoms. The van der Waals surface area contributed by atoms with E-state index in [-0.39, 0.29) is 22.3 Å². The summed E-state index contributed by atoms with van der Waals surface area (Å²) in [4.78, 5) is 14.2. The molecule has 2 rings (SSSR count). The lowest BCUT2D eigenvalue weighted by Crippen LogP contribution is -2.35. The third kappa shape index (κ3) is 3.09. The van der Waals surface area contributed by atoms with Crippen LogP contribution >= 0.6 is 11.8 Å². The van der Waals surface area contributed by atoms with Crippen LogP contribution in [0.1, 0.15) is 24.3 Å². The second kappa shape index (κ2) is 6.39. The van der Waals surface area contributed by atoms with Gasteiger partial charge in [0.15, 0.2) is 0 Å². The number of halogens is 1. The topological polar surface area (TPSA) is 32.3 Å². The van der Waals surface area contributed by atoms with Gasteiger partial charge in [-0.25, -0.2) is 4.39 Å². The van der Waals surface area contributed by atoms with Crippen molar-refractivity contribution < 1.29 is 9.18 Å². The molecule has 1 aromatic carbocycles. The van der Waals surface area contributed by atoms with Crippen molar-refractivity contribution in [1.29, 1.82) is 0 Å². The van der Waals surface area contributed by atoms with Crippen LogP contribution in [0.25, 0.3) is 0 Å². The van der Waals surface area contributed by atoms with Gasteiger partial charge < -0.3 is 10.2 Å². The fourth-order valence-corrected chi connectivity index (χ4v) is 3.63. The Kier molecular flexibility index (Phi) is 4.82. The first-order valence-electron chi connectivity index (χ1n) is 6.53. The van der Waals surface area contributed by atoms with Gasteiger partial charge in [-0.1, -0.05) is 19.1 Å². The van der Waals surface area contributed by atoms with Crippen LogP contribution < -0.4 is 5.32 Å². The minimum atomic E-state index is -0.244. The maximum absolute atomic E-state index is 13.0. The van der Waals surface area contributed by atoms with Crippen molar-refractivity contribution in [2.75, 3.05) is 20.1 Å². The van der Waals surface area contributed by atoms with E-state index >= 15 is 0 Å². The summed E-state index contributed by atoms with van der Waals surface area (Å²) in [5, 5.41) is 3.09. The van der Waals surface area contributed by atoms with Gasteiger partial charge in [0.05, 0.1) is 5.25 Å². The lowest BCUT2D eigenvalue weighted by molar-refractivity contribution is -0.130. The SMILES string of the molecule is CC[C@H]1S[C@H](c2ccc(F)cc2)N(CCNC)C1=O. The Morgan fingerprint density at radius 2 is 2.05 bits per heavy atom. The average molecular weight is 282 g/mol. The van der Waals surface area contributed by atoms with Crippen molar-refractivity contribution in [3.63, 3.8) is 0 Å². The molecule has 2 atom stereocenters. The Hall–Kier alpha value is -1.07. The van der Waals surface area contributed by atoms with Crippen molar-refractivity contribution in [3.05, 3.63) is 35.6 Å². The molecule has 0 spiro atoms. The molecule has 0 bridgehead atoms. The fourth-order valence-electron chi connectivity index (χ4n) is 2.20. The largest absolute Gasteiger partial charge is 0.324 e. The average Bonchev–Trinajstić information content (AvgIpc) is 2.74. The molecule has 19 heavy (non-hydrogen) atoms. The molecule has 1 aromatic rings. The first-order valence-corrected chi connectivity index (χ1v) is 7.47. The summed E-state index contributed by atoms with van der Waals surface area (Å²) in [6, 6.07) is 6.45. The molecule has 3 nitrogen and oxygen atoms in total. The van der Waals surface area contributed by atoms with Crippen LogP contribution in [0, 0.1) is 5.82 Å². The number of thioether (sulfide) groups is 1. The first kappa shape index (κ1) is 14.3. The number of benzene rings is 1. The highest BCUT2D eigenvalue weighted by Crippen LogP contribution is 2.43. The Labute approximate surface area is 117 Å². The van der Waals surface area contributed by atoms with Gasteiger partial charge in [-0.05, 0) is 31.2 Å². The van der Waals surface area contributed by atoms with Crippen LogP contribution in [0.5, 0.6) is 0 Å². The van der Waals surface area contributed by atoms with E-state index in [0.717, 1.165) is 18.5 Å². The second-order valence-corrected chi connectivity index (χ2v) is 5.86. The van der Waals surface area contributed by atoms with Crippen molar-refractivity contribution in [3.8, 4) is 0 Å². The highest BCUT2D eigenvalue weighted by Gasteiger charge is 2.39. The number of likely N-dealkylation sites (N-methyl/N-ethyl adjacent to an activating group) is 1. The lowest BCUT2D eigenvalue weighted by atomic mass is 10.2. The molecule has 1 N–H and O–H groups in total. The molecular formula is C14H19FN2OS. The van der Waals surface area contributed by atoms with Crippen molar-refractivity contribution >= 4 is 17.7 Å². The molecule has 0 radical (unpaired) electrons. The monoisotopic (exact) mass is 282 g/mol. The van der Waals surface area contributed by atoms with Gasteiger partial charge in [0.25, 0.3) is 0 Å². The number of hydrogen-bond acceptors (Lipinski definition) is 3. The zero-order valence-electron chi connectivity index (χ0n) is 11.2. The highest BCUT2D eigenvalue weighted by molar-refractivity contribution is 8.01. The number of nitrogens with one attached hydrogen (secondary N) is 1. The van der Waals surface area contributed by atoms with E-state index < -0.39 is 0 Å². The van der Waals surface area contributed by atoms with Crippen LogP contribution in [0.3, 0.4) is 0 Å². The predicted octanol–water partition coefficient (Wildman–Crippen LogP) is 2.40. The van der Waals surface area contributed by atoms with Crippen molar-refractivity contribution in [2.45, 2.75) is 24.0 Å². The Balaban J connectivity index is 2.20. The van der Waals surface area contributed by atoms with Crippen LogP contribution in [0.15, 0.2) is 24.3 Å². The normalized spacial score (nSPS) is 23.1. The summed E-state index contributed by atoms with van der Waals surface area (Å²) in [7, 11) is 1.87. The fraction of sp³-hybridized carbons (Fsp3) is 0.500. The second-order valence-electron chi connectivity index (χ2n) is 4.57. The molecule has 0 aliphatic carbocycles. The zero-order valence-corrected chi connectivity index (χ0v) is 12.0. The standard InChI is InChI=1S/C14H19FN2OS/c1-3-12-13(18)17(9-8-16-2)14(19-12)10-4-6-11(15)7-5-10/h4-7,12,14,16H,3,8-9H2,1-2H3/t12-,14-/m1/s1. The molecule has 104 valence electrons.